The topological polar surface area (TPSA) is 90.0 Å². The number of benzene rings is 1. The van der Waals surface area contributed by atoms with Crippen molar-refractivity contribution in [1.29, 1.82) is 0 Å². The summed E-state index contributed by atoms with van der Waals surface area (Å²) >= 11 is 0. The summed E-state index contributed by atoms with van der Waals surface area (Å²) in [6.07, 6.45) is 2.81. The van der Waals surface area contributed by atoms with Crippen molar-refractivity contribution in [2.45, 2.75) is 38.3 Å². The number of fused-ring (bicyclic) bond motifs is 1. The Balaban J connectivity index is 1.35. The third-order valence-electron chi connectivity index (χ3n) is 6.47. The van der Waals surface area contributed by atoms with E-state index >= 15 is 0 Å². The van der Waals surface area contributed by atoms with E-state index < -0.39 is 17.4 Å². The molecular formula is C20H24FN3O4. The lowest BCUT2D eigenvalue weighted by Gasteiger charge is -2.24. The van der Waals surface area contributed by atoms with Crippen LogP contribution in [0.1, 0.15) is 31.2 Å². The summed E-state index contributed by atoms with van der Waals surface area (Å²) in [5.41, 5.74) is 0.00328. The van der Waals surface area contributed by atoms with Crippen LogP contribution in [-0.4, -0.2) is 58.5 Å². The fraction of sp³-hybridized carbons (Fsp3) is 0.550. The van der Waals surface area contributed by atoms with Crippen LogP contribution in [0.15, 0.2) is 24.3 Å². The quantitative estimate of drug-likeness (QED) is 0.822. The highest BCUT2D eigenvalue weighted by Crippen LogP contribution is 2.48. The van der Waals surface area contributed by atoms with E-state index in [0.717, 1.165) is 18.4 Å². The number of carbonyl (C=O) groups excluding carboxylic acids is 2. The zero-order valence-corrected chi connectivity index (χ0v) is 15.6. The molecule has 2 N–H and O–H groups in total. The summed E-state index contributed by atoms with van der Waals surface area (Å²) < 4.78 is 13.0. The van der Waals surface area contributed by atoms with Gasteiger partial charge in [0.15, 0.2) is 0 Å². The van der Waals surface area contributed by atoms with Crippen molar-refractivity contribution in [1.82, 2.24) is 15.1 Å². The van der Waals surface area contributed by atoms with Gasteiger partial charge in [0, 0.05) is 26.2 Å². The van der Waals surface area contributed by atoms with Crippen molar-refractivity contribution < 1.29 is 23.9 Å². The highest BCUT2D eigenvalue weighted by Gasteiger charge is 2.56. The number of carboxylic acid groups (broad SMARTS) is 1. The van der Waals surface area contributed by atoms with E-state index in [0.29, 0.717) is 32.5 Å². The van der Waals surface area contributed by atoms with Crippen molar-refractivity contribution in [3.05, 3.63) is 35.6 Å². The molecule has 1 aromatic carbocycles. The van der Waals surface area contributed by atoms with Gasteiger partial charge in [0.2, 0.25) is 5.91 Å². The molecule has 2 saturated heterocycles. The molecule has 0 bridgehead atoms. The summed E-state index contributed by atoms with van der Waals surface area (Å²) in [4.78, 5) is 40.2. The Morgan fingerprint density at radius 1 is 1.25 bits per heavy atom. The molecule has 0 spiro atoms. The number of urea groups is 1. The minimum Gasteiger partial charge on any atom is -0.481 e. The molecule has 1 saturated carbocycles. The summed E-state index contributed by atoms with van der Waals surface area (Å²) in [6, 6.07) is 5.03. The van der Waals surface area contributed by atoms with Crippen LogP contribution in [0.25, 0.3) is 0 Å². The maximum absolute atomic E-state index is 13.0. The van der Waals surface area contributed by atoms with Crippen LogP contribution in [0.5, 0.6) is 0 Å². The van der Waals surface area contributed by atoms with E-state index in [1.807, 2.05) is 0 Å². The van der Waals surface area contributed by atoms with Gasteiger partial charge in [-0.1, -0.05) is 18.6 Å². The van der Waals surface area contributed by atoms with Gasteiger partial charge in [-0.15, -0.1) is 0 Å². The van der Waals surface area contributed by atoms with Crippen LogP contribution < -0.4 is 5.32 Å². The van der Waals surface area contributed by atoms with Crippen LogP contribution in [0.3, 0.4) is 0 Å². The number of aliphatic carboxylic acids is 1. The Hall–Kier alpha value is -2.64. The highest BCUT2D eigenvalue weighted by molar-refractivity contribution is 5.89. The molecule has 7 nitrogen and oxygen atoms in total. The SMILES string of the molecule is O=C(NC1CCN(Cc2ccc(F)cc2)C1=O)N1C[C@@H]2CCC[C@@]2(C(=O)O)C1. The molecule has 0 aromatic heterocycles. The third-order valence-corrected chi connectivity index (χ3v) is 6.47. The van der Waals surface area contributed by atoms with Crippen LogP contribution in [0, 0.1) is 17.2 Å². The van der Waals surface area contributed by atoms with Crippen molar-refractivity contribution >= 4 is 17.9 Å². The first kappa shape index (κ1) is 18.7. The van der Waals surface area contributed by atoms with Crippen LogP contribution in [0.4, 0.5) is 9.18 Å². The van der Waals surface area contributed by atoms with Crippen molar-refractivity contribution in [3.63, 3.8) is 0 Å². The number of likely N-dealkylation sites (tertiary alicyclic amines) is 2. The monoisotopic (exact) mass is 389 g/mol. The molecule has 3 atom stereocenters. The fourth-order valence-corrected chi connectivity index (χ4v) is 4.87. The second kappa shape index (κ2) is 7.07. The first-order valence-electron chi connectivity index (χ1n) is 9.71. The summed E-state index contributed by atoms with van der Waals surface area (Å²) in [6.45, 7) is 1.53. The second-order valence-electron chi connectivity index (χ2n) is 8.11. The second-order valence-corrected chi connectivity index (χ2v) is 8.11. The third kappa shape index (κ3) is 3.21. The molecule has 1 unspecified atom stereocenters. The number of amides is 3. The zero-order chi connectivity index (χ0) is 19.9. The normalized spacial score (nSPS) is 29.2. The zero-order valence-electron chi connectivity index (χ0n) is 15.6. The molecule has 2 heterocycles. The Kier molecular flexibility index (Phi) is 4.72. The van der Waals surface area contributed by atoms with Gasteiger partial charge >= 0.3 is 12.0 Å². The van der Waals surface area contributed by atoms with Gasteiger partial charge in [0.05, 0.1) is 5.41 Å². The number of carboxylic acids is 1. The smallest absolute Gasteiger partial charge is 0.318 e. The van der Waals surface area contributed by atoms with E-state index in [4.69, 9.17) is 0 Å². The maximum atomic E-state index is 13.0. The van der Waals surface area contributed by atoms with Gasteiger partial charge in [0.1, 0.15) is 11.9 Å². The van der Waals surface area contributed by atoms with Crippen LogP contribution in [0.2, 0.25) is 0 Å². The van der Waals surface area contributed by atoms with E-state index in [9.17, 15) is 23.9 Å². The van der Waals surface area contributed by atoms with E-state index in [-0.39, 0.29) is 30.2 Å². The minimum absolute atomic E-state index is 0.00926. The minimum atomic E-state index is -0.828. The first-order chi connectivity index (χ1) is 13.4. The molecule has 4 rings (SSSR count). The largest absolute Gasteiger partial charge is 0.481 e. The number of hydrogen-bond acceptors (Lipinski definition) is 3. The molecule has 150 valence electrons. The Morgan fingerprint density at radius 3 is 2.68 bits per heavy atom. The van der Waals surface area contributed by atoms with E-state index in [1.165, 1.54) is 12.1 Å². The van der Waals surface area contributed by atoms with Crippen molar-refractivity contribution in [2.24, 2.45) is 11.3 Å². The molecule has 3 amide bonds. The molecule has 0 radical (unpaired) electrons. The van der Waals surface area contributed by atoms with Gasteiger partial charge in [-0.2, -0.15) is 0 Å². The van der Waals surface area contributed by atoms with Gasteiger partial charge in [-0.3, -0.25) is 9.59 Å². The number of halogens is 1. The fourth-order valence-electron chi connectivity index (χ4n) is 4.87. The predicted molar refractivity (Wildman–Crippen MR) is 97.7 cm³/mol. The lowest BCUT2D eigenvalue weighted by Crippen LogP contribution is -2.48. The molecule has 28 heavy (non-hydrogen) atoms. The number of hydrogen-bond donors (Lipinski definition) is 2. The summed E-state index contributed by atoms with van der Waals surface area (Å²) in [5.74, 6) is -1.32. The molecule has 3 fully saturated rings. The molecule has 1 aliphatic carbocycles. The summed E-state index contributed by atoms with van der Waals surface area (Å²) in [5, 5.41) is 12.4. The average molecular weight is 389 g/mol. The van der Waals surface area contributed by atoms with Gasteiger partial charge < -0.3 is 20.2 Å². The molecular weight excluding hydrogens is 365 g/mol. The van der Waals surface area contributed by atoms with Gasteiger partial charge in [0.25, 0.3) is 0 Å². The standard InChI is InChI=1S/C20H24FN3O4/c21-15-5-3-13(4-6-15)10-23-9-7-16(17(23)25)22-19(28)24-11-14-2-1-8-20(14,12-24)18(26)27/h3-6,14,16H,1-2,7-12H2,(H,22,28)(H,26,27)/t14-,16?,20+/m0/s1. The number of nitrogens with one attached hydrogen (secondary N) is 1. The average Bonchev–Trinajstić information content (AvgIpc) is 3.32. The Morgan fingerprint density at radius 2 is 2.00 bits per heavy atom. The van der Waals surface area contributed by atoms with Gasteiger partial charge in [-0.25, -0.2) is 9.18 Å². The Bertz CT molecular complexity index is 799. The molecule has 1 aromatic rings. The lowest BCUT2D eigenvalue weighted by molar-refractivity contribution is -0.149. The van der Waals surface area contributed by atoms with Crippen LogP contribution in [-0.2, 0) is 16.1 Å². The highest BCUT2D eigenvalue weighted by atomic mass is 19.1. The van der Waals surface area contributed by atoms with Crippen molar-refractivity contribution in [2.75, 3.05) is 19.6 Å². The molecule has 8 heteroatoms. The van der Waals surface area contributed by atoms with Crippen LogP contribution >= 0.6 is 0 Å². The number of rotatable bonds is 4. The predicted octanol–water partition coefficient (Wildman–Crippen LogP) is 1.82. The van der Waals surface area contributed by atoms with E-state index in [1.54, 1.807) is 21.9 Å². The number of nitrogens with zero attached hydrogens (tertiary/aromatic N) is 2. The molecule has 2 aliphatic heterocycles. The first-order valence-corrected chi connectivity index (χ1v) is 9.71. The maximum Gasteiger partial charge on any atom is 0.318 e. The van der Waals surface area contributed by atoms with Crippen molar-refractivity contribution in [3.8, 4) is 0 Å². The van der Waals surface area contributed by atoms with Gasteiger partial charge in [-0.05, 0) is 42.9 Å². The number of carbonyl (C=O) groups is 3. The Labute approximate surface area is 162 Å². The molecule has 3 aliphatic rings. The summed E-state index contributed by atoms with van der Waals surface area (Å²) in [7, 11) is 0. The lowest BCUT2D eigenvalue weighted by atomic mass is 9.81. The van der Waals surface area contributed by atoms with E-state index in [2.05, 4.69) is 5.32 Å².